The van der Waals surface area contributed by atoms with Gasteiger partial charge in [-0.2, -0.15) is 0 Å². The number of nitrogens with zero attached hydrogens (tertiary/aromatic N) is 1. The Morgan fingerprint density at radius 3 is 2.07 bits per heavy atom. The first-order valence-corrected chi connectivity index (χ1v) is 8.82. The second-order valence-corrected chi connectivity index (χ2v) is 6.53. The van der Waals surface area contributed by atoms with Crippen LogP contribution in [0.3, 0.4) is 0 Å². The molecule has 4 nitrogen and oxygen atoms in total. The Bertz CT molecular complexity index is 767. The van der Waals surface area contributed by atoms with Crippen LogP contribution < -0.4 is 14.8 Å². The van der Waals surface area contributed by atoms with E-state index in [2.05, 4.69) is 21.0 Å². The average Bonchev–Trinajstić information content (AvgIpc) is 2.63. The molecule has 162 valence electrons. The van der Waals surface area contributed by atoms with E-state index in [9.17, 15) is 13.2 Å². The molecule has 0 aliphatic carbocycles. The van der Waals surface area contributed by atoms with E-state index in [0.29, 0.717) is 0 Å². The predicted molar refractivity (Wildman–Crippen MR) is 112 cm³/mol. The molecule has 0 amide bonds. The maximum absolute atomic E-state index is 12.4. The number of hydrogen-bond donors (Lipinski definition) is 1. The molecule has 1 aliphatic rings. The maximum Gasteiger partial charge on any atom is 0.573 e. The van der Waals surface area contributed by atoms with Gasteiger partial charge in [-0.3, -0.25) is 4.90 Å². The number of halogens is 5. The molecule has 0 aromatic heterocycles. The summed E-state index contributed by atoms with van der Waals surface area (Å²) >= 11 is 0. The fourth-order valence-electron chi connectivity index (χ4n) is 3.48. The number of rotatable bonds is 5. The first-order chi connectivity index (χ1) is 12.9. The molecule has 1 saturated heterocycles. The van der Waals surface area contributed by atoms with Gasteiger partial charge < -0.3 is 14.8 Å². The highest BCUT2D eigenvalue weighted by Gasteiger charge is 2.31. The molecular weight excluding hydrogens is 428 g/mol. The zero-order valence-corrected chi connectivity index (χ0v) is 17.8. The van der Waals surface area contributed by atoms with E-state index in [1.165, 1.54) is 12.1 Å². The van der Waals surface area contributed by atoms with Crippen molar-refractivity contribution in [2.24, 2.45) is 0 Å². The molecule has 2 aromatic rings. The molecule has 2 aromatic carbocycles. The average molecular weight is 453 g/mol. The summed E-state index contributed by atoms with van der Waals surface area (Å²) in [7, 11) is 1.63. The minimum absolute atomic E-state index is 0. The van der Waals surface area contributed by atoms with E-state index in [4.69, 9.17) is 4.74 Å². The van der Waals surface area contributed by atoms with Gasteiger partial charge >= 0.3 is 6.36 Å². The van der Waals surface area contributed by atoms with Gasteiger partial charge in [-0.25, -0.2) is 0 Å². The van der Waals surface area contributed by atoms with Crippen molar-refractivity contribution in [1.82, 2.24) is 10.2 Å². The second-order valence-electron chi connectivity index (χ2n) is 6.53. The fourth-order valence-corrected chi connectivity index (χ4v) is 3.48. The van der Waals surface area contributed by atoms with Crippen molar-refractivity contribution in [1.29, 1.82) is 0 Å². The van der Waals surface area contributed by atoms with Crippen molar-refractivity contribution < 1.29 is 22.6 Å². The van der Waals surface area contributed by atoms with Crippen LogP contribution in [-0.2, 0) is 0 Å². The minimum Gasteiger partial charge on any atom is -0.496 e. The number of nitrogens with one attached hydrogen (secondary N) is 1. The van der Waals surface area contributed by atoms with Crippen LogP contribution in [0.2, 0.25) is 0 Å². The zero-order chi connectivity index (χ0) is 19.4. The molecule has 1 fully saturated rings. The maximum atomic E-state index is 12.4. The van der Waals surface area contributed by atoms with Crippen molar-refractivity contribution >= 4 is 24.8 Å². The third-order valence-corrected chi connectivity index (χ3v) is 4.68. The van der Waals surface area contributed by atoms with Gasteiger partial charge in [0.15, 0.2) is 0 Å². The normalized spacial score (nSPS) is 15.6. The standard InChI is InChI=1S/C20H23F3N2O2.2ClH/c1-14-13-16(5-8-18(14)26-2)19(25-11-9-24-10-12-25)15-3-6-17(7-4-15)27-20(21,22)23;;/h3-8,13,19,24H,9-12H2,1-2H3;2*1H/t19-;;/m1../s1. The molecular formula is C20H25Cl2F3N2O2. The van der Waals surface area contributed by atoms with E-state index in [1.54, 1.807) is 19.2 Å². The SMILES string of the molecule is COc1ccc([C@@H](c2ccc(OC(F)(F)F)cc2)N2CCNCC2)cc1C.Cl.Cl. The van der Waals surface area contributed by atoms with Gasteiger partial charge in [0.05, 0.1) is 13.2 Å². The monoisotopic (exact) mass is 452 g/mol. The number of aryl methyl sites for hydroxylation is 1. The lowest BCUT2D eigenvalue weighted by Gasteiger charge is -2.36. The summed E-state index contributed by atoms with van der Waals surface area (Å²) in [6.45, 7) is 5.45. The van der Waals surface area contributed by atoms with E-state index in [-0.39, 0.29) is 36.6 Å². The quantitative estimate of drug-likeness (QED) is 0.710. The van der Waals surface area contributed by atoms with Crippen LogP contribution in [0.4, 0.5) is 13.2 Å². The Kier molecular flexibility index (Phi) is 9.55. The molecule has 1 heterocycles. The van der Waals surface area contributed by atoms with E-state index >= 15 is 0 Å². The lowest BCUT2D eigenvalue weighted by molar-refractivity contribution is -0.274. The van der Waals surface area contributed by atoms with Gasteiger partial charge in [0.1, 0.15) is 11.5 Å². The third-order valence-electron chi connectivity index (χ3n) is 4.68. The largest absolute Gasteiger partial charge is 0.573 e. The minimum atomic E-state index is -4.69. The highest BCUT2D eigenvalue weighted by Crippen LogP contribution is 2.33. The summed E-state index contributed by atoms with van der Waals surface area (Å²) in [6.07, 6.45) is -4.69. The van der Waals surface area contributed by atoms with Crippen molar-refractivity contribution in [3.8, 4) is 11.5 Å². The van der Waals surface area contributed by atoms with Crippen molar-refractivity contribution in [2.75, 3.05) is 33.3 Å². The van der Waals surface area contributed by atoms with Crippen molar-refractivity contribution in [3.05, 3.63) is 59.2 Å². The summed E-state index contributed by atoms with van der Waals surface area (Å²) < 4.78 is 46.6. The lowest BCUT2D eigenvalue weighted by atomic mass is 9.95. The Morgan fingerprint density at radius 1 is 0.966 bits per heavy atom. The molecule has 0 bridgehead atoms. The molecule has 0 saturated carbocycles. The van der Waals surface area contributed by atoms with Crippen LogP contribution in [-0.4, -0.2) is 44.6 Å². The molecule has 0 unspecified atom stereocenters. The summed E-state index contributed by atoms with van der Waals surface area (Å²) in [5.41, 5.74) is 3.03. The van der Waals surface area contributed by atoms with E-state index in [1.807, 2.05) is 19.1 Å². The molecule has 3 rings (SSSR count). The smallest absolute Gasteiger partial charge is 0.496 e. The topological polar surface area (TPSA) is 33.7 Å². The number of ether oxygens (including phenoxy) is 2. The first kappa shape index (κ1) is 25.4. The van der Waals surface area contributed by atoms with Crippen LogP contribution >= 0.6 is 24.8 Å². The van der Waals surface area contributed by atoms with Crippen molar-refractivity contribution in [2.45, 2.75) is 19.3 Å². The lowest BCUT2D eigenvalue weighted by Crippen LogP contribution is -2.45. The Morgan fingerprint density at radius 2 is 1.55 bits per heavy atom. The molecule has 9 heteroatoms. The Balaban J connectivity index is 0.00000210. The fraction of sp³-hybridized carbons (Fsp3) is 0.400. The predicted octanol–water partition coefficient (Wildman–Crippen LogP) is 4.74. The number of methoxy groups -OCH3 is 1. The molecule has 0 spiro atoms. The number of alkyl halides is 3. The number of hydrogen-bond acceptors (Lipinski definition) is 4. The number of benzene rings is 2. The van der Waals surface area contributed by atoms with E-state index < -0.39 is 6.36 Å². The van der Waals surface area contributed by atoms with Gasteiger partial charge in [-0.05, 0) is 41.8 Å². The van der Waals surface area contributed by atoms with Gasteiger partial charge in [0, 0.05) is 26.2 Å². The summed E-state index contributed by atoms with van der Waals surface area (Å²) in [4.78, 5) is 2.33. The first-order valence-electron chi connectivity index (χ1n) is 8.82. The molecule has 29 heavy (non-hydrogen) atoms. The highest BCUT2D eigenvalue weighted by molar-refractivity contribution is 5.85. The van der Waals surface area contributed by atoms with E-state index in [0.717, 1.165) is 48.6 Å². The van der Waals surface area contributed by atoms with Crippen LogP contribution in [0.5, 0.6) is 11.5 Å². The molecule has 1 aliphatic heterocycles. The second kappa shape index (κ2) is 10.9. The summed E-state index contributed by atoms with van der Waals surface area (Å²) in [6, 6.07) is 12.1. The molecule has 0 radical (unpaired) electrons. The Labute approximate surface area is 181 Å². The molecule has 1 N–H and O–H groups in total. The Hall–Kier alpha value is -1.67. The van der Waals surface area contributed by atoms with Crippen LogP contribution in [0.1, 0.15) is 22.7 Å². The van der Waals surface area contributed by atoms with Crippen LogP contribution in [0, 0.1) is 6.92 Å². The van der Waals surface area contributed by atoms with Crippen LogP contribution in [0.15, 0.2) is 42.5 Å². The van der Waals surface area contributed by atoms with Crippen LogP contribution in [0.25, 0.3) is 0 Å². The third kappa shape index (κ3) is 6.67. The zero-order valence-electron chi connectivity index (χ0n) is 16.2. The van der Waals surface area contributed by atoms with Gasteiger partial charge in [-0.1, -0.05) is 24.3 Å². The highest BCUT2D eigenvalue weighted by atomic mass is 35.5. The van der Waals surface area contributed by atoms with Gasteiger partial charge in [-0.15, -0.1) is 38.0 Å². The summed E-state index contributed by atoms with van der Waals surface area (Å²) in [5.74, 6) is 0.600. The number of piperazine rings is 1. The molecule has 1 atom stereocenters. The van der Waals surface area contributed by atoms with Crippen molar-refractivity contribution in [3.63, 3.8) is 0 Å². The van der Waals surface area contributed by atoms with Gasteiger partial charge in [0.2, 0.25) is 0 Å². The summed E-state index contributed by atoms with van der Waals surface area (Å²) in [5, 5.41) is 3.33. The van der Waals surface area contributed by atoms with Gasteiger partial charge in [0.25, 0.3) is 0 Å².